The molecule has 1 aliphatic rings. The molecule has 11 nitrogen and oxygen atoms in total. The summed E-state index contributed by atoms with van der Waals surface area (Å²) >= 11 is 0. The van der Waals surface area contributed by atoms with Crippen LogP contribution in [0.4, 0.5) is 4.79 Å². The Hall–Kier alpha value is -2.72. The van der Waals surface area contributed by atoms with Crippen molar-refractivity contribution in [1.29, 1.82) is 0 Å². The minimum atomic E-state index is -0.668. The van der Waals surface area contributed by atoms with Crippen molar-refractivity contribution < 1.29 is 19.1 Å². The number of carbonyl (C=O) groups excluding carboxylic acids is 3. The third-order valence-electron chi connectivity index (χ3n) is 3.47. The van der Waals surface area contributed by atoms with E-state index >= 15 is 0 Å². The van der Waals surface area contributed by atoms with E-state index < -0.39 is 17.7 Å². The summed E-state index contributed by atoms with van der Waals surface area (Å²) in [6, 6.07) is -0.570. The molecule has 2 heterocycles. The van der Waals surface area contributed by atoms with Crippen LogP contribution in [0, 0.1) is 0 Å². The van der Waals surface area contributed by atoms with Gasteiger partial charge in [0, 0.05) is 6.54 Å². The van der Waals surface area contributed by atoms with Crippen LogP contribution in [0.5, 0.6) is 0 Å². The summed E-state index contributed by atoms with van der Waals surface area (Å²) in [4.78, 5) is 37.7. The van der Waals surface area contributed by atoms with Crippen LogP contribution in [0.3, 0.4) is 0 Å². The molecule has 25 heavy (non-hydrogen) atoms. The van der Waals surface area contributed by atoms with E-state index in [1.54, 1.807) is 20.8 Å². The van der Waals surface area contributed by atoms with Gasteiger partial charge in [-0.3, -0.25) is 9.59 Å². The largest absolute Gasteiger partial charge is 0.444 e. The predicted molar refractivity (Wildman–Crippen MR) is 85.0 cm³/mol. The van der Waals surface area contributed by atoms with Crippen LogP contribution < -0.4 is 10.6 Å². The normalized spacial score (nSPS) is 17.2. The lowest BCUT2D eigenvalue weighted by Gasteiger charge is -2.24. The van der Waals surface area contributed by atoms with Gasteiger partial charge in [-0.15, -0.1) is 10.2 Å². The van der Waals surface area contributed by atoms with Gasteiger partial charge in [-0.05, 0) is 33.6 Å². The van der Waals surface area contributed by atoms with E-state index in [1.807, 2.05) is 0 Å². The summed E-state index contributed by atoms with van der Waals surface area (Å²) in [7, 11) is 0. The first-order chi connectivity index (χ1) is 11.8. The van der Waals surface area contributed by atoms with Crippen molar-refractivity contribution in [3.8, 4) is 0 Å². The number of alkyl carbamates (subject to hydrolysis) is 1. The van der Waals surface area contributed by atoms with Gasteiger partial charge in [0.05, 0.1) is 6.54 Å². The Morgan fingerprint density at radius 2 is 2.08 bits per heavy atom. The summed E-state index contributed by atoms with van der Waals surface area (Å²) in [5, 5.41) is 18.3. The first kappa shape index (κ1) is 18.6. The molecular weight excluding hydrogens is 330 g/mol. The fourth-order valence-electron chi connectivity index (χ4n) is 2.44. The highest BCUT2D eigenvalue weighted by Crippen LogP contribution is 2.17. The van der Waals surface area contributed by atoms with Crippen molar-refractivity contribution >= 4 is 17.9 Å². The average Bonchev–Trinajstić information content (AvgIpc) is 3.19. The van der Waals surface area contributed by atoms with Gasteiger partial charge in [-0.25, -0.2) is 4.79 Å². The smallest absolute Gasteiger partial charge is 0.408 e. The van der Waals surface area contributed by atoms with Crippen molar-refractivity contribution in [2.24, 2.45) is 0 Å². The van der Waals surface area contributed by atoms with Gasteiger partial charge in [0.1, 0.15) is 18.2 Å². The van der Waals surface area contributed by atoms with E-state index in [2.05, 4.69) is 31.3 Å². The Kier molecular flexibility index (Phi) is 5.88. The molecule has 11 heteroatoms. The molecule has 0 spiro atoms. The van der Waals surface area contributed by atoms with Crippen LogP contribution >= 0.6 is 0 Å². The lowest BCUT2D eigenvalue weighted by molar-refractivity contribution is -0.137. The molecule has 3 amide bonds. The molecule has 2 rings (SSSR count). The number of amides is 3. The van der Waals surface area contributed by atoms with Crippen LogP contribution in [-0.2, 0) is 20.9 Å². The van der Waals surface area contributed by atoms with Gasteiger partial charge < -0.3 is 20.3 Å². The van der Waals surface area contributed by atoms with Gasteiger partial charge in [-0.2, -0.15) is 5.21 Å². The molecule has 1 aromatic heterocycles. The number of rotatable bonds is 5. The number of aromatic amines is 1. The second-order valence-electron chi connectivity index (χ2n) is 6.65. The van der Waals surface area contributed by atoms with Crippen molar-refractivity contribution in [2.75, 3.05) is 13.1 Å². The van der Waals surface area contributed by atoms with E-state index in [0.29, 0.717) is 18.8 Å². The molecule has 3 N–H and O–H groups in total. The Labute approximate surface area is 144 Å². The SMILES string of the molecule is CC(C)(C)OC(=O)NCC(=O)N1CCC[C@H]1C(=O)NCc1nn[nH]n1. The van der Waals surface area contributed by atoms with E-state index in [0.717, 1.165) is 6.42 Å². The zero-order valence-electron chi connectivity index (χ0n) is 14.5. The Morgan fingerprint density at radius 1 is 1.32 bits per heavy atom. The van der Waals surface area contributed by atoms with Crippen LogP contribution in [0.15, 0.2) is 0 Å². The molecule has 0 radical (unpaired) electrons. The highest BCUT2D eigenvalue weighted by molar-refractivity contribution is 5.90. The number of carbonyl (C=O) groups is 3. The summed E-state index contributed by atoms with van der Waals surface area (Å²) in [6.45, 7) is 5.58. The number of ether oxygens (including phenoxy) is 1. The molecule has 0 unspecified atom stereocenters. The minimum absolute atomic E-state index is 0.129. The quantitative estimate of drug-likeness (QED) is 0.637. The van der Waals surface area contributed by atoms with Crippen LogP contribution in [-0.4, -0.2) is 68.2 Å². The third kappa shape index (κ3) is 5.69. The Balaban J connectivity index is 1.81. The number of hydrogen-bond donors (Lipinski definition) is 3. The molecule has 138 valence electrons. The topological polar surface area (TPSA) is 142 Å². The second kappa shape index (κ2) is 7.90. The van der Waals surface area contributed by atoms with E-state index in [9.17, 15) is 14.4 Å². The predicted octanol–water partition coefficient (Wildman–Crippen LogP) is -0.668. The molecule has 0 saturated carbocycles. The molecule has 1 aromatic rings. The molecule has 1 atom stereocenters. The molecule has 1 saturated heterocycles. The Morgan fingerprint density at radius 3 is 2.72 bits per heavy atom. The highest BCUT2D eigenvalue weighted by atomic mass is 16.6. The van der Waals surface area contributed by atoms with Gasteiger partial charge in [-0.1, -0.05) is 5.21 Å². The van der Waals surface area contributed by atoms with E-state index in [4.69, 9.17) is 4.74 Å². The number of nitrogens with one attached hydrogen (secondary N) is 3. The standard InChI is InChI=1S/C14H23N7O4/c1-14(2,3)25-13(24)16-8-11(22)21-6-4-5-9(21)12(23)15-7-10-17-19-20-18-10/h9H,4-8H2,1-3H3,(H,15,23)(H,16,24)(H,17,18,19,20)/t9-/m0/s1. The van der Waals surface area contributed by atoms with E-state index in [1.165, 1.54) is 4.90 Å². The maximum absolute atomic E-state index is 12.3. The summed E-state index contributed by atoms with van der Waals surface area (Å²) in [5.74, 6) is -0.258. The van der Waals surface area contributed by atoms with Gasteiger partial charge in [0.15, 0.2) is 5.82 Å². The molecule has 1 aliphatic heterocycles. The number of H-pyrrole nitrogens is 1. The van der Waals surface area contributed by atoms with Gasteiger partial charge >= 0.3 is 6.09 Å². The monoisotopic (exact) mass is 353 g/mol. The van der Waals surface area contributed by atoms with Crippen molar-refractivity contribution in [2.45, 2.75) is 51.8 Å². The lowest BCUT2D eigenvalue weighted by atomic mass is 10.2. The zero-order valence-corrected chi connectivity index (χ0v) is 14.5. The molecular formula is C14H23N7O4. The maximum Gasteiger partial charge on any atom is 0.408 e. The van der Waals surface area contributed by atoms with Crippen molar-refractivity contribution in [1.82, 2.24) is 36.2 Å². The number of hydrogen-bond acceptors (Lipinski definition) is 7. The fourth-order valence-corrected chi connectivity index (χ4v) is 2.44. The number of likely N-dealkylation sites (tertiary alicyclic amines) is 1. The summed E-state index contributed by atoms with van der Waals surface area (Å²) in [6.07, 6.45) is 0.618. The fraction of sp³-hybridized carbons (Fsp3) is 0.714. The summed E-state index contributed by atoms with van der Waals surface area (Å²) in [5.41, 5.74) is -0.641. The number of tetrazole rings is 1. The minimum Gasteiger partial charge on any atom is -0.444 e. The molecule has 0 aromatic carbocycles. The van der Waals surface area contributed by atoms with Crippen LogP contribution in [0.2, 0.25) is 0 Å². The maximum atomic E-state index is 12.3. The lowest BCUT2D eigenvalue weighted by Crippen LogP contribution is -2.49. The zero-order chi connectivity index (χ0) is 18.4. The third-order valence-corrected chi connectivity index (χ3v) is 3.47. The van der Waals surface area contributed by atoms with E-state index in [-0.39, 0.29) is 24.9 Å². The molecule has 0 bridgehead atoms. The Bertz CT molecular complexity index is 611. The van der Waals surface area contributed by atoms with Gasteiger partial charge in [0.2, 0.25) is 11.8 Å². The molecule has 1 fully saturated rings. The summed E-state index contributed by atoms with van der Waals surface area (Å²) < 4.78 is 5.08. The average molecular weight is 353 g/mol. The second-order valence-corrected chi connectivity index (χ2v) is 6.65. The van der Waals surface area contributed by atoms with Crippen LogP contribution in [0.25, 0.3) is 0 Å². The van der Waals surface area contributed by atoms with Gasteiger partial charge in [0.25, 0.3) is 0 Å². The highest BCUT2D eigenvalue weighted by Gasteiger charge is 2.34. The number of nitrogens with zero attached hydrogens (tertiary/aromatic N) is 4. The first-order valence-corrected chi connectivity index (χ1v) is 8.02. The first-order valence-electron chi connectivity index (χ1n) is 8.02. The van der Waals surface area contributed by atoms with Crippen molar-refractivity contribution in [3.63, 3.8) is 0 Å². The molecule has 0 aliphatic carbocycles. The number of aromatic nitrogens is 4. The van der Waals surface area contributed by atoms with Crippen molar-refractivity contribution in [3.05, 3.63) is 5.82 Å². The van der Waals surface area contributed by atoms with Crippen LogP contribution in [0.1, 0.15) is 39.4 Å².